The number of amides is 2. The molecular formula is C33H40N2O4. The highest BCUT2D eigenvalue weighted by atomic mass is 16.6. The quantitative estimate of drug-likeness (QED) is 0.336. The van der Waals surface area contributed by atoms with Crippen molar-refractivity contribution in [3.8, 4) is 5.75 Å². The van der Waals surface area contributed by atoms with Crippen LogP contribution in [0, 0.1) is 0 Å². The average Bonchev–Trinajstić information content (AvgIpc) is 2.90. The number of likely N-dealkylation sites (N-methyl/N-ethyl adjacent to an activating group) is 1. The molecule has 2 amide bonds. The number of carbonyl (C=O) groups is 2. The molecule has 6 heteroatoms. The molecule has 0 unspecified atom stereocenters. The Morgan fingerprint density at radius 3 is 2.08 bits per heavy atom. The highest BCUT2D eigenvalue weighted by molar-refractivity contribution is 5.86. The molecule has 1 aliphatic carbocycles. The normalized spacial score (nSPS) is 15.0. The van der Waals surface area contributed by atoms with E-state index < -0.39 is 17.7 Å². The van der Waals surface area contributed by atoms with E-state index in [1.165, 1.54) is 10.5 Å². The Balaban J connectivity index is 1.45. The Morgan fingerprint density at radius 1 is 0.897 bits per heavy atom. The first-order chi connectivity index (χ1) is 18.7. The summed E-state index contributed by atoms with van der Waals surface area (Å²) >= 11 is 0. The fourth-order valence-corrected chi connectivity index (χ4v) is 4.89. The van der Waals surface area contributed by atoms with E-state index in [-0.39, 0.29) is 11.3 Å². The van der Waals surface area contributed by atoms with Gasteiger partial charge in [0.1, 0.15) is 24.0 Å². The number of nitrogens with one attached hydrogen (secondary N) is 1. The standard InChI is InChI=1S/C33H40N2O4/c1-32(2,3)39-31(37)35(4)29(30(36)34-24-33(20-11-21-33)27-14-9-6-10-15-27)22-25-16-18-28(19-17-25)38-23-26-12-7-5-8-13-26/h5-10,12-19,29H,11,20-24H2,1-4H3,(H,34,36)/t29-/m0/s1. The van der Waals surface area contributed by atoms with Gasteiger partial charge in [-0.1, -0.05) is 79.2 Å². The Morgan fingerprint density at radius 2 is 1.51 bits per heavy atom. The number of hydrogen-bond donors (Lipinski definition) is 1. The Kier molecular flexibility index (Phi) is 8.95. The van der Waals surface area contributed by atoms with Crippen molar-refractivity contribution in [3.63, 3.8) is 0 Å². The molecule has 0 aliphatic heterocycles. The summed E-state index contributed by atoms with van der Waals surface area (Å²) in [4.78, 5) is 28.0. The molecule has 0 radical (unpaired) electrons. The third-order valence-electron chi connectivity index (χ3n) is 7.35. The minimum Gasteiger partial charge on any atom is -0.489 e. The number of hydrogen-bond acceptors (Lipinski definition) is 4. The zero-order chi connectivity index (χ0) is 27.9. The van der Waals surface area contributed by atoms with Crippen molar-refractivity contribution >= 4 is 12.0 Å². The van der Waals surface area contributed by atoms with Gasteiger partial charge in [-0.15, -0.1) is 0 Å². The van der Waals surface area contributed by atoms with Crippen molar-refractivity contribution in [2.24, 2.45) is 0 Å². The molecule has 3 aromatic carbocycles. The Hall–Kier alpha value is -3.80. The number of nitrogens with zero attached hydrogens (tertiary/aromatic N) is 1. The minimum atomic E-state index is -0.719. The number of benzene rings is 3. The lowest BCUT2D eigenvalue weighted by atomic mass is 9.64. The van der Waals surface area contributed by atoms with Crippen LogP contribution >= 0.6 is 0 Å². The molecule has 1 saturated carbocycles. The summed E-state index contributed by atoms with van der Waals surface area (Å²) in [5.41, 5.74) is 2.56. The highest BCUT2D eigenvalue weighted by Gasteiger charge is 2.40. The molecule has 1 N–H and O–H groups in total. The Bertz CT molecular complexity index is 1220. The van der Waals surface area contributed by atoms with Crippen molar-refractivity contribution in [1.29, 1.82) is 0 Å². The van der Waals surface area contributed by atoms with Crippen LogP contribution in [0.15, 0.2) is 84.9 Å². The van der Waals surface area contributed by atoms with Crippen molar-refractivity contribution in [2.75, 3.05) is 13.6 Å². The van der Waals surface area contributed by atoms with E-state index in [4.69, 9.17) is 9.47 Å². The molecular weight excluding hydrogens is 488 g/mol. The van der Waals surface area contributed by atoms with Gasteiger partial charge in [-0.2, -0.15) is 0 Å². The molecule has 0 saturated heterocycles. The van der Waals surface area contributed by atoms with E-state index in [1.54, 1.807) is 7.05 Å². The molecule has 39 heavy (non-hydrogen) atoms. The van der Waals surface area contributed by atoms with Crippen LogP contribution in [0.2, 0.25) is 0 Å². The van der Waals surface area contributed by atoms with Crippen molar-refractivity contribution < 1.29 is 19.1 Å². The molecule has 0 aromatic heterocycles. The molecule has 3 aromatic rings. The van der Waals surface area contributed by atoms with Crippen LogP contribution in [0.5, 0.6) is 5.75 Å². The average molecular weight is 529 g/mol. The van der Waals surface area contributed by atoms with Gasteiger partial charge in [-0.05, 0) is 62.4 Å². The summed E-state index contributed by atoms with van der Waals surface area (Å²) in [6.07, 6.45) is 3.05. The van der Waals surface area contributed by atoms with Crippen LogP contribution in [0.25, 0.3) is 0 Å². The maximum absolute atomic E-state index is 13.6. The maximum atomic E-state index is 13.6. The van der Waals surface area contributed by atoms with Gasteiger partial charge in [0.25, 0.3) is 0 Å². The van der Waals surface area contributed by atoms with E-state index >= 15 is 0 Å². The van der Waals surface area contributed by atoms with Crippen LogP contribution in [0.4, 0.5) is 4.79 Å². The second-order valence-corrected chi connectivity index (χ2v) is 11.4. The van der Waals surface area contributed by atoms with Gasteiger partial charge in [0.15, 0.2) is 0 Å². The number of rotatable bonds is 10. The second kappa shape index (κ2) is 12.4. The molecule has 0 bridgehead atoms. The largest absolute Gasteiger partial charge is 0.489 e. The van der Waals surface area contributed by atoms with Gasteiger partial charge in [0, 0.05) is 25.4 Å². The zero-order valence-electron chi connectivity index (χ0n) is 23.5. The van der Waals surface area contributed by atoms with Gasteiger partial charge < -0.3 is 14.8 Å². The summed E-state index contributed by atoms with van der Waals surface area (Å²) in [5.74, 6) is 0.564. The van der Waals surface area contributed by atoms with Gasteiger partial charge >= 0.3 is 6.09 Å². The molecule has 0 heterocycles. The lowest BCUT2D eigenvalue weighted by Gasteiger charge is -2.43. The van der Waals surface area contributed by atoms with Crippen LogP contribution in [0.1, 0.15) is 56.7 Å². The fourth-order valence-electron chi connectivity index (χ4n) is 4.89. The zero-order valence-corrected chi connectivity index (χ0v) is 23.5. The van der Waals surface area contributed by atoms with E-state index in [0.29, 0.717) is 19.6 Å². The second-order valence-electron chi connectivity index (χ2n) is 11.4. The van der Waals surface area contributed by atoms with Gasteiger partial charge in [-0.25, -0.2) is 4.79 Å². The summed E-state index contributed by atoms with van der Waals surface area (Å²) in [6.45, 7) is 6.49. The van der Waals surface area contributed by atoms with Gasteiger partial charge in [0.05, 0.1) is 0 Å². The lowest BCUT2D eigenvalue weighted by Crippen LogP contribution is -2.53. The van der Waals surface area contributed by atoms with Crippen molar-refractivity contribution in [3.05, 3.63) is 102 Å². The molecule has 6 nitrogen and oxygen atoms in total. The smallest absolute Gasteiger partial charge is 0.410 e. The lowest BCUT2D eigenvalue weighted by molar-refractivity contribution is -0.126. The first-order valence-electron chi connectivity index (χ1n) is 13.7. The first kappa shape index (κ1) is 28.2. The molecule has 4 rings (SSSR count). The highest BCUT2D eigenvalue weighted by Crippen LogP contribution is 2.43. The molecule has 1 fully saturated rings. The van der Waals surface area contributed by atoms with E-state index in [1.807, 2.05) is 93.6 Å². The predicted molar refractivity (Wildman–Crippen MR) is 154 cm³/mol. The van der Waals surface area contributed by atoms with Crippen LogP contribution < -0.4 is 10.1 Å². The number of carbonyl (C=O) groups excluding carboxylic acids is 2. The van der Waals surface area contributed by atoms with Gasteiger partial charge in [0.2, 0.25) is 5.91 Å². The van der Waals surface area contributed by atoms with E-state index in [0.717, 1.165) is 36.1 Å². The topological polar surface area (TPSA) is 67.9 Å². The Labute approximate surface area is 232 Å². The monoisotopic (exact) mass is 528 g/mol. The molecule has 1 atom stereocenters. The van der Waals surface area contributed by atoms with Crippen LogP contribution in [-0.2, 0) is 28.0 Å². The minimum absolute atomic E-state index is 0.0519. The van der Waals surface area contributed by atoms with Crippen LogP contribution in [-0.4, -0.2) is 42.1 Å². The van der Waals surface area contributed by atoms with Crippen molar-refractivity contribution in [1.82, 2.24) is 10.2 Å². The SMILES string of the molecule is CN(C(=O)OC(C)(C)C)[C@@H](Cc1ccc(OCc2ccccc2)cc1)C(=O)NCC1(c2ccccc2)CCC1. The van der Waals surface area contributed by atoms with Gasteiger partial charge in [-0.3, -0.25) is 9.69 Å². The fraction of sp³-hybridized carbons (Fsp3) is 0.394. The van der Waals surface area contributed by atoms with E-state index in [2.05, 4.69) is 17.4 Å². The molecule has 0 spiro atoms. The molecule has 1 aliphatic rings. The third-order valence-corrected chi connectivity index (χ3v) is 7.35. The molecule has 206 valence electrons. The number of ether oxygens (including phenoxy) is 2. The predicted octanol–water partition coefficient (Wildman–Crippen LogP) is 6.28. The first-order valence-corrected chi connectivity index (χ1v) is 13.7. The van der Waals surface area contributed by atoms with Crippen molar-refractivity contribution in [2.45, 2.75) is 70.1 Å². The maximum Gasteiger partial charge on any atom is 0.410 e. The van der Waals surface area contributed by atoms with Crippen LogP contribution in [0.3, 0.4) is 0 Å². The summed E-state index contributed by atoms with van der Waals surface area (Å²) in [6, 6.07) is 27.4. The third kappa shape index (κ3) is 7.62. The summed E-state index contributed by atoms with van der Waals surface area (Å²) in [7, 11) is 1.63. The van der Waals surface area contributed by atoms with E-state index in [9.17, 15) is 9.59 Å². The summed E-state index contributed by atoms with van der Waals surface area (Å²) < 4.78 is 11.5. The summed E-state index contributed by atoms with van der Waals surface area (Å²) in [5, 5.41) is 3.18.